The normalized spacial score (nSPS) is 20.7. The van der Waals surface area contributed by atoms with Crippen molar-refractivity contribution in [2.45, 2.75) is 0 Å². The summed E-state index contributed by atoms with van der Waals surface area (Å²) in [6, 6.07) is 16.1. The second kappa shape index (κ2) is 9.99. The Kier molecular flexibility index (Phi) is 6.65. The fraction of sp³-hybridized carbons (Fsp3) is 0.333. The van der Waals surface area contributed by atoms with Crippen LogP contribution >= 0.6 is 11.5 Å². The number of carbonyl (C=O) groups excluding carboxylic acids is 1. The minimum atomic E-state index is -0.0894. The van der Waals surface area contributed by atoms with Crippen molar-refractivity contribution in [2.24, 2.45) is 11.8 Å². The average molecular weight is 475 g/mol. The van der Waals surface area contributed by atoms with Gasteiger partial charge in [0, 0.05) is 68.1 Å². The van der Waals surface area contributed by atoms with Crippen LogP contribution in [-0.4, -0.2) is 61.6 Å². The monoisotopic (exact) mass is 474 g/mol. The van der Waals surface area contributed by atoms with Crippen molar-refractivity contribution in [3.8, 4) is 5.75 Å². The lowest BCUT2D eigenvalue weighted by Crippen LogP contribution is -2.47. The maximum Gasteiger partial charge on any atom is 0.244 e. The molecule has 1 saturated heterocycles. The van der Waals surface area contributed by atoms with Crippen molar-refractivity contribution in [1.29, 1.82) is 0 Å². The van der Waals surface area contributed by atoms with E-state index in [0.717, 1.165) is 49.9 Å². The molecule has 1 N–H and O–H groups in total. The third-order valence-electron chi connectivity index (χ3n) is 6.86. The number of ether oxygens (including phenoxy) is 1. The zero-order valence-electron chi connectivity index (χ0n) is 19.4. The highest BCUT2D eigenvalue weighted by Gasteiger charge is 2.43. The van der Waals surface area contributed by atoms with Crippen LogP contribution in [0.3, 0.4) is 0 Å². The van der Waals surface area contributed by atoms with Crippen LogP contribution in [0.4, 0.5) is 5.82 Å². The first-order chi connectivity index (χ1) is 16.6. The number of nitrogens with zero attached hydrogens (tertiary/aromatic N) is 3. The van der Waals surface area contributed by atoms with Gasteiger partial charge < -0.3 is 15.0 Å². The van der Waals surface area contributed by atoms with Gasteiger partial charge in [-0.2, -0.15) is 4.37 Å². The number of anilines is 1. The predicted octanol–water partition coefficient (Wildman–Crippen LogP) is 4.06. The van der Waals surface area contributed by atoms with Gasteiger partial charge in [0.25, 0.3) is 0 Å². The number of para-hydroxylation sites is 1. The highest BCUT2D eigenvalue weighted by Crippen LogP contribution is 2.44. The molecule has 34 heavy (non-hydrogen) atoms. The quantitative estimate of drug-likeness (QED) is 0.394. The summed E-state index contributed by atoms with van der Waals surface area (Å²) in [6.45, 7) is 9.93. The van der Waals surface area contributed by atoms with Gasteiger partial charge in [0.2, 0.25) is 5.91 Å². The molecular formula is C27H30N4O2S. The molecule has 2 aromatic carbocycles. The largest absolute Gasteiger partial charge is 0.496 e. The van der Waals surface area contributed by atoms with Crippen molar-refractivity contribution < 1.29 is 9.53 Å². The van der Waals surface area contributed by atoms with E-state index in [0.29, 0.717) is 18.4 Å². The van der Waals surface area contributed by atoms with E-state index in [9.17, 15) is 4.79 Å². The van der Waals surface area contributed by atoms with E-state index in [4.69, 9.17) is 9.11 Å². The van der Waals surface area contributed by atoms with E-state index in [1.54, 1.807) is 30.8 Å². The number of carbonyl (C=O) groups is 1. The third kappa shape index (κ3) is 4.86. The van der Waals surface area contributed by atoms with E-state index in [2.05, 4.69) is 46.0 Å². The molecule has 2 heterocycles. The molecular weight excluding hydrogens is 444 g/mol. The van der Waals surface area contributed by atoms with Crippen molar-refractivity contribution in [1.82, 2.24) is 14.6 Å². The number of amides is 1. The van der Waals surface area contributed by atoms with Crippen LogP contribution in [-0.2, 0) is 4.79 Å². The topological polar surface area (TPSA) is 57.7 Å². The highest BCUT2D eigenvalue weighted by molar-refractivity contribution is 7.13. The molecule has 2 atom stereocenters. The Morgan fingerprint density at radius 3 is 2.74 bits per heavy atom. The number of hydrogen-bond acceptors (Lipinski definition) is 6. The van der Waals surface area contributed by atoms with E-state index >= 15 is 0 Å². The van der Waals surface area contributed by atoms with Gasteiger partial charge in [-0.1, -0.05) is 42.5 Å². The predicted molar refractivity (Wildman–Crippen MR) is 139 cm³/mol. The minimum absolute atomic E-state index is 0.0894. The van der Waals surface area contributed by atoms with Crippen LogP contribution in [0.15, 0.2) is 66.8 Å². The van der Waals surface area contributed by atoms with E-state index in [1.807, 2.05) is 24.3 Å². The first-order valence-corrected chi connectivity index (χ1v) is 12.5. The molecule has 176 valence electrons. The molecule has 2 fully saturated rings. The Hall–Kier alpha value is -3.16. The highest BCUT2D eigenvalue weighted by atomic mass is 32.1. The SMILES string of the molecule is C=C1[C@H](CNC(=O)C=Cc2ccccc2OC)[C@H]1CN1CCN(c2nsc3ccccc23)CC1. The molecule has 2 aliphatic rings. The number of hydrogen-bond donors (Lipinski definition) is 1. The second-order valence-corrected chi connectivity index (χ2v) is 9.70. The number of aromatic nitrogens is 1. The van der Waals surface area contributed by atoms with Crippen molar-refractivity contribution in [3.05, 3.63) is 72.3 Å². The van der Waals surface area contributed by atoms with E-state index in [1.165, 1.54) is 15.7 Å². The molecule has 7 heteroatoms. The maximum atomic E-state index is 12.3. The molecule has 1 aliphatic heterocycles. The average Bonchev–Trinajstić information content (AvgIpc) is 3.27. The lowest BCUT2D eigenvalue weighted by Gasteiger charge is -2.35. The van der Waals surface area contributed by atoms with Crippen molar-refractivity contribution >= 4 is 39.4 Å². The zero-order chi connectivity index (χ0) is 23.5. The van der Waals surface area contributed by atoms with Crippen LogP contribution in [0.25, 0.3) is 16.2 Å². The molecule has 5 rings (SSSR count). The summed E-state index contributed by atoms with van der Waals surface area (Å²) < 4.78 is 11.3. The molecule has 0 radical (unpaired) electrons. The van der Waals surface area contributed by atoms with Crippen LogP contribution in [0, 0.1) is 11.8 Å². The van der Waals surface area contributed by atoms with E-state index in [-0.39, 0.29) is 5.91 Å². The zero-order valence-corrected chi connectivity index (χ0v) is 20.3. The van der Waals surface area contributed by atoms with Crippen LogP contribution in [0.1, 0.15) is 5.56 Å². The lowest BCUT2D eigenvalue weighted by atomic mass is 10.2. The molecule has 0 spiro atoms. The number of methoxy groups -OCH3 is 1. The summed E-state index contributed by atoms with van der Waals surface area (Å²) in [7, 11) is 1.63. The molecule has 3 aromatic rings. The van der Waals surface area contributed by atoms with Gasteiger partial charge in [0.1, 0.15) is 11.6 Å². The van der Waals surface area contributed by atoms with Gasteiger partial charge in [-0.25, -0.2) is 0 Å². The Balaban J connectivity index is 1.07. The van der Waals surface area contributed by atoms with Crippen LogP contribution < -0.4 is 15.0 Å². The summed E-state index contributed by atoms with van der Waals surface area (Å²) in [5.41, 5.74) is 2.14. The summed E-state index contributed by atoms with van der Waals surface area (Å²) in [4.78, 5) is 17.2. The first-order valence-electron chi connectivity index (χ1n) is 11.7. The van der Waals surface area contributed by atoms with Gasteiger partial charge in [0.05, 0.1) is 11.8 Å². The molecule has 0 bridgehead atoms. The number of benzene rings is 2. The number of fused-ring (bicyclic) bond motifs is 1. The molecule has 1 amide bonds. The summed E-state index contributed by atoms with van der Waals surface area (Å²) in [6.07, 6.45) is 3.36. The van der Waals surface area contributed by atoms with Crippen LogP contribution in [0.2, 0.25) is 0 Å². The standard InChI is InChI=1S/C27H30N4O2S/c1-19-22(17-28-26(32)12-11-20-7-3-5-9-24(20)33-2)23(19)18-30-13-15-31(16-14-30)27-21-8-4-6-10-25(21)34-29-27/h3-12,22-23H,1,13-18H2,2H3,(H,28,32)/t22-,23-/m0/s1. The molecule has 1 saturated carbocycles. The maximum absolute atomic E-state index is 12.3. The Labute approximate surface area is 204 Å². The number of nitrogens with one attached hydrogen (secondary N) is 1. The number of piperazine rings is 1. The van der Waals surface area contributed by atoms with Crippen molar-refractivity contribution in [2.75, 3.05) is 51.3 Å². The lowest BCUT2D eigenvalue weighted by molar-refractivity contribution is -0.116. The molecule has 1 aliphatic carbocycles. The van der Waals surface area contributed by atoms with Gasteiger partial charge in [-0.15, -0.1) is 0 Å². The molecule has 1 aromatic heterocycles. The van der Waals surface area contributed by atoms with Crippen molar-refractivity contribution in [3.63, 3.8) is 0 Å². The van der Waals surface area contributed by atoms with Gasteiger partial charge in [-0.3, -0.25) is 9.69 Å². The van der Waals surface area contributed by atoms with Crippen LogP contribution in [0.5, 0.6) is 5.75 Å². The molecule has 6 nitrogen and oxygen atoms in total. The Morgan fingerprint density at radius 1 is 1.15 bits per heavy atom. The summed E-state index contributed by atoms with van der Waals surface area (Å²) >= 11 is 1.58. The second-order valence-electron chi connectivity index (χ2n) is 8.90. The first kappa shape index (κ1) is 22.6. The molecule has 0 unspecified atom stereocenters. The van der Waals surface area contributed by atoms with Gasteiger partial charge in [0.15, 0.2) is 0 Å². The van der Waals surface area contributed by atoms with E-state index < -0.39 is 0 Å². The fourth-order valence-electron chi connectivity index (χ4n) is 4.72. The fourth-order valence-corrected chi connectivity index (χ4v) is 5.52. The Bertz CT molecular complexity index is 1210. The van der Waals surface area contributed by atoms with Gasteiger partial charge in [-0.05, 0) is 35.8 Å². The minimum Gasteiger partial charge on any atom is -0.496 e. The third-order valence-corrected chi connectivity index (χ3v) is 7.68. The van der Waals surface area contributed by atoms with Gasteiger partial charge >= 0.3 is 0 Å². The number of rotatable bonds is 8. The Morgan fingerprint density at radius 2 is 1.91 bits per heavy atom. The smallest absolute Gasteiger partial charge is 0.244 e. The summed E-state index contributed by atoms with van der Waals surface area (Å²) in [5, 5.41) is 4.29. The summed E-state index contributed by atoms with van der Waals surface area (Å²) in [5.74, 6) is 2.62.